The summed E-state index contributed by atoms with van der Waals surface area (Å²) < 4.78 is 21.6. The lowest BCUT2D eigenvalue weighted by Crippen LogP contribution is -2.23. The van der Waals surface area contributed by atoms with E-state index in [1.54, 1.807) is 30.3 Å². The van der Waals surface area contributed by atoms with Gasteiger partial charge >= 0.3 is 0 Å². The summed E-state index contributed by atoms with van der Waals surface area (Å²) >= 11 is 4.64. The molecular weight excluding hydrogens is 457 g/mol. The van der Waals surface area contributed by atoms with Crippen LogP contribution in [0.25, 0.3) is 33.7 Å². The number of aromatic nitrogens is 3. The lowest BCUT2D eigenvalue weighted by molar-refractivity contribution is 0.571. The largest absolute Gasteiger partial charge is 0.457 e. The zero-order chi connectivity index (χ0) is 20.0. The maximum Gasteiger partial charge on any atom is 0.291 e. The van der Waals surface area contributed by atoms with Crippen LogP contribution in [-0.2, 0) is 0 Å². The molecule has 5 rings (SSSR count). The first-order valence-electron chi connectivity index (χ1n) is 8.60. The van der Waals surface area contributed by atoms with Crippen molar-refractivity contribution < 1.29 is 8.81 Å². The highest BCUT2D eigenvalue weighted by atomic mass is 79.9. The van der Waals surface area contributed by atoms with Crippen molar-refractivity contribution in [2.45, 2.75) is 0 Å². The van der Waals surface area contributed by atoms with Crippen LogP contribution in [0.15, 0.2) is 74.3 Å². The van der Waals surface area contributed by atoms with Crippen molar-refractivity contribution in [1.29, 1.82) is 0 Å². The molecule has 5 nitrogen and oxygen atoms in total. The van der Waals surface area contributed by atoms with Crippen LogP contribution in [0.3, 0.4) is 0 Å². The number of furan rings is 1. The number of halogens is 2. The molecule has 2 aromatic carbocycles. The van der Waals surface area contributed by atoms with Crippen LogP contribution < -0.4 is 10.1 Å². The number of hydrogen-bond acceptors (Lipinski definition) is 5. The molecule has 0 fully saturated rings. The average Bonchev–Trinajstić information content (AvgIpc) is 3.41. The zero-order valence-corrected chi connectivity index (χ0v) is 17.1. The van der Waals surface area contributed by atoms with Crippen molar-refractivity contribution >= 4 is 38.3 Å². The number of hydrogen-bond donors (Lipinski definition) is 0. The van der Waals surface area contributed by atoms with Gasteiger partial charge in [0, 0.05) is 21.7 Å². The molecule has 0 aliphatic heterocycles. The molecule has 0 saturated heterocycles. The first-order chi connectivity index (χ1) is 14.1. The molecule has 3 heterocycles. The molecule has 0 spiro atoms. The highest BCUT2D eigenvalue weighted by molar-refractivity contribution is 9.10. The summed E-state index contributed by atoms with van der Waals surface area (Å²) in [5.74, 6) is 1.32. The minimum absolute atomic E-state index is 0.249. The van der Waals surface area contributed by atoms with Gasteiger partial charge in [0.15, 0.2) is 5.82 Å². The van der Waals surface area contributed by atoms with E-state index in [2.05, 4.69) is 26.0 Å². The van der Waals surface area contributed by atoms with Gasteiger partial charge in [-0.1, -0.05) is 39.4 Å². The molecule has 0 amide bonds. The van der Waals surface area contributed by atoms with Gasteiger partial charge in [0.2, 0.25) is 4.96 Å². The monoisotopic (exact) mass is 467 g/mol. The first-order valence-corrected chi connectivity index (χ1v) is 10.2. The van der Waals surface area contributed by atoms with Gasteiger partial charge in [0.25, 0.3) is 5.56 Å². The van der Waals surface area contributed by atoms with Crippen molar-refractivity contribution in [2.75, 3.05) is 0 Å². The Morgan fingerprint density at radius 3 is 2.45 bits per heavy atom. The molecule has 0 radical (unpaired) electrons. The van der Waals surface area contributed by atoms with Crippen molar-refractivity contribution in [1.82, 2.24) is 14.6 Å². The fourth-order valence-electron chi connectivity index (χ4n) is 2.88. The van der Waals surface area contributed by atoms with E-state index in [0.29, 0.717) is 26.8 Å². The molecular formula is C21H11BrFN3O2S. The summed E-state index contributed by atoms with van der Waals surface area (Å²) in [4.78, 5) is 17.7. The molecule has 5 aromatic rings. The lowest BCUT2D eigenvalue weighted by Gasteiger charge is -1.95. The second-order valence-electron chi connectivity index (χ2n) is 6.26. The smallest absolute Gasteiger partial charge is 0.291 e. The topological polar surface area (TPSA) is 60.4 Å². The average molecular weight is 468 g/mol. The Balaban J connectivity index is 1.51. The number of benzene rings is 2. The summed E-state index contributed by atoms with van der Waals surface area (Å²) in [6, 6.07) is 17.2. The van der Waals surface area contributed by atoms with E-state index in [4.69, 9.17) is 4.42 Å². The third-order valence-electron chi connectivity index (χ3n) is 4.31. The highest BCUT2D eigenvalue weighted by Crippen LogP contribution is 2.23. The summed E-state index contributed by atoms with van der Waals surface area (Å²) in [6.45, 7) is 0. The molecule has 0 aliphatic carbocycles. The van der Waals surface area contributed by atoms with E-state index in [1.807, 2.05) is 24.3 Å². The third kappa shape index (κ3) is 3.41. The van der Waals surface area contributed by atoms with Crippen LogP contribution in [0, 0.1) is 5.82 Å². The summed E-state index contributed by atoms with van der Waals surface area (Å²) in [7, 11) is 0. The summed E-state index contributed by atoms with van der Waals surface area (Å²) in [5.41, 5.74) is 1.35. The predicted octanol–water partition coefficient (Wildman–Crippen LogP) is 4.53. The van der Waals surface area contributed by atoms with Crippen molar-refractivity contribution in [3.05, 3.63) is 91.6 Å². The molecule has 0 saturated carbocycles. The Morgan fingerprint density at radius 1 is 1.00 bits per heavy atom. The number of fused-ring (bicyclic) bond motifs is 1. The number of rotatable bonds is 3. The minimum Gasteiger partial charge on any atom is -0.457 e. The Labute approximate surface area is 175 Å². The van der Waals surface area contributed by atoms with Gasteiger partial charge in [-0.05, 0) is 48.5 Å². The zero-order valence-electron chi connectivity index (χ0n) is 14.7. The number of thiazole rings is 1. The van der Waals surface area contributed by atoms with E-state index in [9.17, 15) is 9.18 Å². The van der Waals surface area contributed by atoms with Crippen molar-refractivity contribution in [3.63, 3.8) is 0 Å². The van der Waals surface area contributed by atoms with Crippen molar-refractivity contribution in [2.24, 2.45) is 0 Å². The van der Waals surface area contributed by atoms with Gasteiger partial charge in [0.1, 0.15) is 21.9 Å². The lowest BCUT2D eigenvalue weighted by atomic mass is 10.2. The fraction of sp³-hybridized carbons (Fsp3) is 0. The highest BCUT2D eigenvalue weighted by Gasteiger charge is 2.12. The fourth-order valence-corrected chi connectivity index (χ4v) is 4.04. The molecule has 142 valence electrons. The molecule has 0 bridgehead atoms. The van der Waals surface area contributed by atoms with E-state index in [1.165, 1.54) is 28.0 Å². The Bertz CT molecular complexity index is 1440. The molecule has 8 heteroatoms. The summed E-state index contributed by atoms with van der Waals surface area (Å²) in [5, 5.41) is 4.34. The van der Waals surface area contributed by atoms with Crippen LogP contribution in [0.1, 0.15) is 5.76 Å². The van der Waals surface area contributed by atoms with Gasteiger partial charge in [0.05, 0.1) is 0 Å². The second kappa shape index (κ2) is 7.06. The van der Waals surface area contributed by atoms with Crippen LogP contribution >= 0.6 is 27.3 Å². The molecule has 0 atom stereocenters. The maximum absolute atomic E-state index is 13.1. The van der Waals surface area contributed by atoms with Crippen LogP contribution in [-0.4, -0.2) is 14.6 Å². The van der Waals surface area contributed by atoms with Gasteiger partial charge in [-0.25, -0.2) is 4.39 Å². The molecule has 29 heavy (non-hydrogen) atoms. The van der Waals surface area contributed by atoms with Crippen LogP contribution in [0.4, 0.5) is 4.39 Å². The van der Waals surface area contributed by atoms with E-state index >= 15 is 0 Å². The molecule has 0 unspecified atom stereocenters. The standard InChI is InChI=1S/C21H11BrFN3O2S/c22-14-5-1-13(2-6-14)19-24-21-26(25-19)20(27)18(29-21)11-16-9-10-17(28-16)12-3-7-15(23)8-4-12/h1-11H. The number of nitrogens with zero attached hydrogens (tertiary/aromatic N) is 3. The normalized spacial score (nSPS) is 12.1. The molecule has 0 N–H and O–H groups in total. The van der Waals surface area contributed by atoms with Crippen LogP contribution in [0.5, 0.6) is 0 Å². The van der Waals surface area contributed by atoms with Gasteiger partial charge in [-0.2, -0.15) is 9.50 Å². The second-order valence-corrected chi connectivity index (χ2v) is 8.19. The van der Waals surface area contributed by atoms with E-state index < -0.39 is 0 Å². The Kier molecular flexibility index (Phi) is 4.37. The molecule has 0 aliphatic rings. The summed E-state index contributed by atoms with van der Waals surface area (Å²) in [6.07, 6.45) is 1.66. The SMILES string of the molecule is O=c1c(=Cc2ccc(-c3ccc(F)cc3)o2)sc2nc(-c3ccc(Br)cc3)nn12. The predicted molar refractivity (Wildman–Crippen MR) is 113 cm³/mol. The van der Waals surface area contributed by atoms with E-state index in [-0.39, 0.29) is 11.4 Å². The van der Waals surface area contributed by atoms with Gasteiger partial charge < -0.3 is 4.42 Å². The van der Waals surface area contributed by atoms with Crippen LogP contribution in [0.2, 0.25) is 0 Å². The quantitative estimate of drug-likeness (QED) is 0.391. The maximum atomic E-state index is 13.1. The van der Waals surface area contributed by atoms with Crippen molar-refractivity contribution in [3.8, 4) is 22.7 Å². The minimum atomic E-state index is -0.306. The van der Waals surface area contributed by atoms with Gasteiger partial charge in [-0.15, -0.1) is 5.10 Å². The van der Waals surface area contributed by atoms with E-state index in [0.717, 1.165) is 15.6 Å². The third-order valence-corrected chi connectivity index (χ3v) is 5.80. The first kappa shape index (κ1) is 18.0. The Hall–Kier alpha value is -3.10. The molecule has 3 aromatic heterocycles. The van der Waals surface area contributed by atoms with Gasteiger partial charge in [-0.3, -0.25) is 4.79 Å². The Morgan fingerprint density at radius 2 is 1.72 bits per heavy atom.